The lowest BCUT2D eigenvalue weighted by atomic mass is 9.79. The van der Waals surface area contributed by atoms with Crippen LogP contribution < -0.4 is 4.74 Å². The Bertz CT molecular complexity index is 630. The standard InChI is InChI=1S/C18H19NO2/c1-21-18-9-8-13(12-19-18)10-17(20)16-7-3-6-15(11-16)14-4-2-5-14/h3,6-9,11-12,14H,2,4-5,10H2,1H3. The van der Waals surface area contributed by atoms with Crippen LogP contribution in [0.15, 0.2) is 42.6 Å². The minimum absolute atomic E-state index is 0.142. The van der Waals surface area contributed by atoms with Gasteiger partial charge in [-0.25, -0.2) is 4.98 Å². The predicted octanol–water partition coefficient (Wildman–Crippen LogP) is 3.78. The second-order valence-electron chi connectivity index (χ2n) is 5.56. The van der Waals surface area contributed by atoms with Crippen molar-refractivity contribution in [3.63, 3.8) is 0 Å². The lowest BCUT2D eigenvalue weighted by Gasteiger charge is -2.26. The minimum Gasteiger partial charge on any atom is -0.481 e. The molecule has 0 radical (unpaired) electrons. The van der Waals surface area contributed by atoms with Gasteiger partial charge in [0.05, 0.1) is 7.11 Å². The zero-order valence-electron chi connectivity index (χ0n) is 12.2. The Morgan fingerprint density at radius 1 is 1.29 bits per heavy atom. The van der Waals surface area contributed by atoms with E-state index < -0.39 is 0 Å². The second kappa shape index (κ2) is 6.08. The lowest BCUT2D eigenvalue weighted by molar-refractivity contribution is 0.0992. The molecule has 3 heteroatoms. The summed E-state index contributed by atoms with van der Waals surface area (Å²) in [4.78, 5) is 16.5. The number of nitrogens with zero attached hydrogens (tertiary/aromatic N) is 1. The third-order valence-electron chi connectivity index (χ3n) is 4.16. The Morgan fingerprint density at radius 2 is 2.14 bits per heavy atom. The third-order valence-corrected chi connectivity index (χ3v) is 4.16. The molecule has 1 aliphatic carbocycles. The van der Waals surface area contributed by atoms with Crippen molar-refractivity contribution in [2.45, 2.75) is 31.6 Å². The van der Waals surface area contributed by atoms with Crippen LogP contribution in [0, 0.1) is 0 Å². The maximum atomic E-state index is 12.4. The number of methoxy groups -OCH3 is 1. The van der Waals surface area contributed by atoms with Crippen molar-refractivity contribution in [2.24, 2.45) is 0 Å². The number of carbonyl (C=O) groups excluding carboxylic acids is 1. The van der Waals surface area contributed by atoms with Gasteiger partial charge in [0, 0.05) is 24.2 Å². The molecule has 0 atom stereocenters. The summed E-state index contributed by atoms with van der Waals surface area (Å²) in [5.74, 6) is 1.36. The molecule has 0 spiro atoms. The molecule has 0 aliphatic heterocycles. The smallest absolute Gasteiger partial charge is 0.212 e. The molecular formula is C18H19NO2. The van der Waals surface area contributed by atoms with Gasteiger partial charge < -0.3 is 4.74 Å². The topological polar surface area (TPSA) is 39.2 Å². The number of benzene rings is 1. The number of carbonyl (C=O) groups is 1. The summed E-state index contributed by atoms with van der Waals surface area (Å²) < 4.78 is 5.02. The van der Waals surface area contributed by atoms with Gasteiger partial charge in [0.25, 0.3) is 0 Å². The molecule has 0 saturated heterocycles. The first-order valence-electron chi connectivity index (χ1n) is 7.38. The molecule has 0 N–H and O–H groups in total. The maximum Gasteiger partial charge on any atom is 0.212 e. The van der Waals surface area contributed by atoms with Crippen molar-refractivity contribution in [3.8, 4) is 5.88 Å². The minimum atomic E-state index is 0.142. The number of Topliss-reactive ketones (excluding diaryl/α,β-unsaturated/α-hetero) is 1. The van der Waals surface area contributed by atoms with E-state index in [9.17, 15) is 4.79 Å². The van der Waals surface area contributed by atoms with Gasteiger partial charge >= 0.3 is 0 Å². The van der Waals surface area contributed by atoms with Crippen LogP contribution in [-0.4, -0.2) is 17.9 Å². The zero-order chi connectivity index (χ0) is 14.7. The normalized spacial score (nSPS) is 14.5. The summed E-state index contributed by atoms with van der Waals surface area (Å²) in [5, 5.41) is 0. The second-order valence-corrected chi connectivity index (χ2v) is 5.56. The van der Waals surface area contributed by atoms with Crippen LogP contribution in [0.3, 0.4) is 0 Å². The molecule has 2 aromatic rings. The summed E-state index contributed by atoms with van der Waals surface area (Å²) >= 11 is 0. The quantitative estimate of drug-likeness (QED) is 0.783. The van der Waals surface area contributed by atoms with Gasteiger partial charge in [-0.2, -0.15) is 0 Å². The van der Waals surface area contributed by atoms with Crippen molar-refractivity contribution in [1.82, 2.24) is 4.98 Å². The summed E-state index contributed by atoms with van der Waals surface area (Å²) in [6.45, 7) is 0. The van der Waals surface area contributed by atoms with Gasteiger partial charge in [0.15, 0.2) is 5.78 Å². The van der Waals surface area contributed by atoms with Crippen molar-refractivity contribution in [1.29, 1.82) is 0 Å². The van der Waals surface area contributed by atoms with Crippen molar-refractivity contribution >= 4 is 5.78 Å². The molecule has 1 heterocycles. The number of hydrogen-bond acceptors (Lipinski definition) is 3. The van der Waals surface area contributed by atoms with E-state index >= 15 is 0 Å². The number of rotatable bonds is 5. The highest BCUT2D eigenvalue weighted by Crippen LogP contribution is 2.36. The molecule has 3 rings (SSSR count). The molecule has 21 heavy (non-hydrogen) atoms. The Kier molecular flexibility index (Phi) is 4.00. The number of aromatic nitrogens is 1. The first-order valence-corrected chi connectivity index (χ1v) is 7.38. The van der Waals surface area contributed by atoms with Crippen molar-refractivity contribution in [3.05, 3.63) is 59.3 Å². The van der Waals surface area contributed by atoms with Crippen LogP contribution in [0.1, 0.15) is 46.7 Å². The summed E-state index contributed by atoms with van der Waals surface area (Å²) in [7, 11) is 1.58. The number of pyridine rings is 1. The predicted molar refractivity (Wildman–Crippen MR) is 81.9 cm³/mol. The van der Waals surface area contributed by atoms with Crippen LogP contribution in [0.4, 0.5) is 0 Å². The van der Waals surface area contributed by atoms with E-state index in [0.717, 1.165) is 11.1 Å². The highest BCUT2D eigenvalue weighted by atomic mass is 16.5. The molecule has 108 valence electrons. The third kappa shape index (κ3) is 3.13. The van der Waals surface area contributed by atoms with Crippen LogP contribution >= 0.6 is 0 Å². The van der Waals surface area contributed by atoms with Gasteiger partial charge in [0.1, 0.15) is 0 Å². The van der Waals surface area contributed by atoms with Gasteiger partial charge in [-0.3, -0.25) is 4.79 Å². The highest BCUT2D eigenvalue weighted by molar-refractivity contribution is 5.97. The molecule has 1 saturated carbocycles. The van der Waals surface area contributed by atoms with Crippen molar-refractivity contribution < 1.29 is 9.53 Å². The average molecular weight is 281 g/mol. The van der Waals surface area contributed by atoms with Crippen LogP contribution in [-0.2, 0) is 6.42 Å². The first-order chi connectivity index (χ1) is 10.3. The van der Waals surface area contributed by atoms with Gasteiger partial charge in [-0.15, -0.1) is 0 Å². The van der Waals surface area contributed by atoms with Crippen LogP contribution in [0.2, 0.25) is 0 Å². The van der Waals surface area contributed by atoms with E-state index in [1.165, 1.54) is 24.8 Å². The van der Waals surface area contributed by atoms with E-state index in [1.54, 1.807) is 19.4 Å². The van der Waals surface area contributed by atoms with E-state index in [4.69, 9.17) is 4.74 Å². The fourth-order valence-electron chi connectivity index (χ4n) is 2.63. The van der Waals surface area contributed by atoms with Gasteiger partial charge in [-0.1, -0.05) is 30.7 Å². The highest BCUT2D eigenvalue weighted by Gasteiger charge is 2.20. The number of ketones is 1. The molecule has 0 amide bonds. The molecule has 0 unspecified atom stereocenters. The van der Waals surface area contributed by atoms with E-state index in [2.05, 4.69) is 17.1 Å². The summed E-state index contributed by atoms with van der Waals surface area (Å²) in [5.41, 5.74) is 3.02. The first kappa shape index (κ1) is 13.8. The molecule has 1 aromatic carbocycles. The average Bonchev–Trinajstić information content (AvgIpc) is 2.46. The number of hydrogen-bond donors (Lipinski definition) is 0. The maximum absolute atomic E-state index is 12.4. The Hall–Kier alpha value is -2.16. The van der Waals surface area contributed by atoms with Crippen LogP contribution in [0.5, 0.6) is 5.88 Å². The lowest BCUT2D eigenvalue weighted by Crippen LogP contribution is -2.10. The van der Waals surface area contributed by atoms with Crippen molar-refractivity contribution in [2.75, 3.05) is 7.11 Å². The molecule has 0 bridgehead atoms. The monoisotopic (exact) mass is 281 g/mol. The van der Waals surface area contributed by atoms with E-state index in [0.29, 0.717) is 18.2 Å². The van der Waals surface area contributed by atoms with Gasteiger partial charge in [-0.05, 0) is 36.0 Å². The molecule has 1 aromatic heterocycles. The fourth-order valence-corrected chi connectivity index (χ4v) is 2.63. The van der Waals surface area contributed by atoms with Crippen LogP contribution in [0.25, 0.3) is 0 Å². The largest absolute Gasteiger partial charge is 0.481 e. The van der Waals surface area contributed by atoms with E-state index in [-0.39, 0.29) is 5.78 Å². The summed E-state index contributed by atoms with van der Waals surface area (Å²) in [6.07, 6.45) is 5.89. The Balaban J connectivity index is 1.72. The summed E-state index contributed by atoms with van der Waals surface area (Å²) in [6, 6.07) is 11.8. The van der Waals surface area contributed by atoms with E-state index in [1.807, 2.05) is 18.2 Å². The van der Waals surface area contributed by atoms with Gasteiger partial charge in [0.2, 0.25) is 5.88 Å². The molecular weight excluding hydrogens is 262 g/mol. The molecule has 1 fully saturated rings. The molecule has 1 aliphatic rings. The zero-order valence-corrected chi connectivity index (χ0v) is 12.2. The SMILES string of the molecule is COc1ccc(CC(=O)c2cccc(C3CCC3)c2)cn1. The number of ether oxygens (including phenoxy) is 1. The fraction of sp³-hybridized carbons (Fsp3) is 0.333. The Morgan fingerprint density at radius 3 is 2.76 bits per heavy atom. The Labute approximate surface area is 125 Å². The molecule has 3 nitrogen and oxygen atoms in total.